The minimum absolute atomic E-state index is 0.176. The van der Waals surface area contributed by atoms with Crippen LogP contribution in [0.1, 0.15) is 11.1 Å². The van der Waals surface area contributed by atoms with E-state index >= 15 is 0 Å². The number of benzene rings is 2. The summed E-state index contributed by atoms with van der Waals surface area (Å²) in [4.78, 5) is 12.1. The highest BCUT2D eigenvalue weighted by atomic mass is 35.5. The van der Waals surface area contributed by atoms with Gasteiger partial charge in [0.1, 0.15) is 0 Å². The van der Waals surface area contributed by atoms with Gasteiger partial charge in [-0.1, -0.05) is 46.8 Å². The molecule has 0 atom stereocenters. The summed E-state index contributed by atoms with van der Waals surface area (Å²) in [6, 6.07) is 14.5. The van der Waals surface area contributed by atoms with Crippen LogP contribution in [0.15, 0.2) is 46.8 Å². The minimum Gasteiger partial charge on any atom is -0.330 e. The monoisotopic (exact) mass is 415 g/mol. The van der Waals surface area contributed by atoms with Crippen molar-refractivity contribution in [3.63, 3.8) is 0 Å². The maximum absolute atomic E-state index is 12.1. The molecule has 9 heteroatoms. The van der Waals surface area contributed by atoms with Gasteiger partial charge in [0.15, 0.2) is 4.34 Å². The van der Waals surface area contributed by atoms with Crippen molar-refractivity contribution in [2.75, 3.05) is 16.4 Å². The highest BCUT2D eigenvalue weighted by Gasteiger charge is 2.09. The van der Waals surface area contributed by atoms with Crippen LogP contribution in [0, 0.1) is 18.3 Å². The van der Waals surface area contributed by atoms with Crippen LogP contribution in [0.5, 0.6) is 0 Å². The van der Waals surface area contributed by atoms with Crippen molar-refractivity contribution >= 4 is 57.1 Å². The molecule has 0 aliphatic rings. The Bertz CT molecular complexity index is 1010. The van der Waals surface area contributed by atoms with Crippen molar-refractivity contribution in [1.29, 1.82) is 5.26 Å². The van der Waals surface area contributed by atoms with Gasteiger partial charge in [-0.15, -0.1) is 10.2 Å². The molecule has 0 saturated carbocycles. The lowest BCUT2D eigenvalue weighted by atomic mass is 10.2. The maximum atomic E-state index is 12.1. The number of thioether (sulfide) groups is 1. The summed E-state index contributed by atoms with van der Waals surface area (Å²) in [5.74, 6) is 0.0204. The third kappa shape index (κ3) is 5.44. The molecule has 1 aromatic heterocycles. The second kappa shape index (κ2) is 8.86. The number of aryl methyl sites for hydroxylation is 1. The number of anilines is 3. The fourth-order valence-corrected chi connectivity index (χ4v) is 3.86. The Hall–Kier alpha value is -2.60. The Morgan fingerprint density at radius 3 is 2.89 bits per heavy atom. The van der Waals surface area contributed by atoms with Gasteiger partial charge in [0.05, 0.1) is 17.4 Å². The molecule has 27 heavy (non-hydrogen) atoms. The van der Waals surface area contributed by atoms with Gasteiger partial charge in [0, 0.05) is 16.4 Å². The lowest BCUT2D eigenvalue weighted by Crippen LogP contribution is -2.13. The third-order valence-corrected chi connectivity index (χ3v) is 5.81. The van der Waals surface area contributed by atoms with Crippen molar-refractivity contribution in [3.05, 3.63) is 58.6 Å². The number of amides is 1. The van der Waals surface area contributed by atoms with Gasteiger partial charge in [-0.05, 0) is 42.8 Å². The molecule has 0 spiro atoms. The Kier molecular flexibility index (Phi) is 6.29. The molecule has 0 unspecified atom stereocenters. The molecule has 2 aromatic carbocycles. The maximum Gasteiger partial charge on any atom is 0.234 e. The van der Waals surface area contributed by atoms with Crippen molar-refractivity contribution < 1.29 is 4.79 Å². The molecule has 0 fully saturated rings. The number of carbonyl (C=O) groups excluding carboxylic acids is 1. The Labute approximate surface area is 169 Å². The van der Waals surface area contributed by atoms with Gasteiger partial charge >= 0.3 is 0 Å². The van der Waals surface area contributed by atoms with E-state index in [9.17, 15) is 4.79 Å². The van der Waals surface area contributed by atoms with Crippen molar-refractivity contribution in [2.45, 2.75) is 11.3 Å². The number of hydrogen-bond acceptors (Lipinski definition) is 7. The predicted octanol–water partition coefficient (Wildman–Crippen LogP) is 4.85. The molecular weight excluding hydrogens is 402 g/mol. The number of nitrogens with one attached hydrogen (secondary N) is 2. The Balaban J connectivity index is 1.53. The van der Waals surface area contributed by atoms with Crippen LogP contribution in [0.25, 0.3) is 0 Å². The van der Waals surface area contributed by atoms with Crippen molar-refractivity contribution in [3.8, 4) is 6.07 Å². The van der Waals surface area contributed by atoms with Crippen LogP contribution in [-0.2, 0) is 4.79 Å². The lowest BCUT2D eigenvalue weighted by Gasteiger charge is -2.04. The van der Waals surface area contributed by atoms with Crippen LogP contribution in [0.4, 0.5) is 16.5 Å². The van der Waals surface area contributed by atoms with Gasteiger partial charge in [-0.25, -0.2) is 0 Å². The minimum atomic E-state index is -0.176. The van der Waals surface area contributed by atoms with Gasteiger partial charge in [0.25, 0.3) is 0 Å². The van der Waals surface area contributed by atoms with Gasteiger partial charge in [-0.2, -0.15) is 5.26 Å². The van der Waals surface area contributed by atoms with Gasteiger partial charge < -0.3 is 10.6 Å². The molecule has 0 saturated heterocycles. The van der Waals surface area contributed by atoms with Crippen LogP contribution in [0.3, 0.4) is 0 Å². The number of carbonyl (C=O) groups is 1. The summed E-state index contributed by atoms with van der Waals surface area (Å²) in [7, 11) is 0. The quantitative estimate of drug-likeness (QED) is 0.559. The average molecular weight is 416 g/mol. The molecule has 0 aliphatic carbocycles. The average Bonchev–Trinajstić information content (AvgIpc) is 3.10. The Morgan fingerprint density at radius 1 is 1.26 bits per heavy atom. The van der Waals surface area contributed by atoms with Gasteiger partial charge in [0.2, 0.25) is 11.0 Å². The molecule has 3 aromatic rings. The van der Waals surface area contributed by atoms with Crippen LogP contribution in [0.2, 0.25) is 5.02 Å². The zero-order chi connectivity index (χ0) is 19.2. The van der Waals surface area contributed by atoms with E-state index in [0.717, 1.165) is 11.3 Å². The summed E-state index contributed by atoms with van der Waals surface area (Å²) >= 11 is 8.77. The number of aromatic nitrogens is 2. The van der Waals surface area contributed by atoms with E-state index in [0.29, 0.717) is 25.7 Å². The molecule has 0 bridgehead atoms. The van der Waals surface area contributed by atoms with E-state index in [2.05, 4.69) is 20.8 Å². The van der Waals surface area contributed by atoms with Crippen LogP contribution >= 0.6 is 34.7 Å². The first kappa shape index (κ1) is 19.2. The first-order valence-electron chi connectivity index (χ1n) is 7.83. The summed E-state index contributed by atoms with van der Waals surface area (Å²) in [6.07, 6.45) is 0. The standard InChI is InChI=1S/C18H14ClN5OS2/c1-11-5-6-14(8-15(11)19)22-17-23-24-18(27-17)26-10-16(25)21-13-4-2-3-12(7-13)9-20/h2-8H,10H2,1H3,(H,21,25)(H,22,23). The largest absolute Gasteiger partial charge is 0.330 e. The second-order valence-corrected chi connectivity index (χ2v) is 8.10. The highest BCUT2D eigenvalue weighted by Crippen LogP contribution is 2.29. The number of nitriles is 1. The summed E-state index contributed by atoms with van der Waals surface area (Å²) < 4.78 is 0.677. The summed E-state index contributed by atoms with van der Waals surface area (Å²) in [6.45, 7) is 1.94. The van der Waals surface area contributed by atoms with E-state index in [-0.39, 0.29) is 11.7 Å². The molecule has 1 amide bonds. The fraction of sp³-hybridized carbons (Fsp3) is 0.111. The number of hydrogen-bond donors (Lipinski definition) is 2. The molecule has 2 N–H and O–H groups in total. The summed E-state index contributed by atoms with van der Waals surface area (Å²) in [5, 5.41) is 24.2. The molecule has 1 heterocycles. The molecule has 3 rings (SSSR count). The zero-order valence-corrected chi connectivity index (χ0v) is 16.6. The van der Waals surface area contributed by atoms with E-state index < -0.39 is 0 Å². The van der Waals surface area contributed by atoms with Crippen LogP contribution in [-0.4, -0.2) is 21.9 Å². The molecule has 6 nitrogen and oxygen atoms in total. The molecular formula is C18H14ClN5OS2. The second-order valence-electron chi connectivity index (χ2n) is 5.49. The number of nitrogens with zero attached hydrogens (tertiary/aromatic N) is 3. The van der Waals surface area contributed by atoms with Crippen molar-refractivity contribution in [1.82, 2.24) is 10.2 Å². The SMILES string of the molecule is Cc1ccc(Nc2nnc(SCC(=O)Nc3cccc(C#N)c3)s2)cc1Cl. The highest BCUT2D eigenvalue weighted by molar-refractivity contribution is 8.01. The molecule has 136 valence electrons. The summed E-state index contributed by atoms with van der Waals surface area (Å²) in [5.41, 5.74) is 2.92. The van der Waals surface area contributed by atoms with Gasteiger partial charge in [-0.3, -0.25) is 4.79 Å². The topological polar surface area (TPSA) is 90.7 Å². The van der Waals surface area contributed by atoms with E-state index in [1.807, 2.05) is 31.2 Å². The van der Waals surface area contributed by atoms with Crippen LogP contribution < -0.4 is 10.6 Å². The van der Waals surface area contributed by atoms with E-state index in [1.54, 1.807) is 24.3 Å². The number of halogens is 1. The fourth-order valence-electron chi connectivity index (χ4n) is 2.10. The first-order chi connectivity index (χ1) is 13.0. The van der Waals surface area contributed by atoms with E-state index in [4.69, 9.17) is 16.9 Å². The first-order valence-corrected chi connectivity index (χ1v) is 10.0. The lowest BCUT2D eigenvalue weighted by molar-refractivity contribution is -0.113. The molecule has 0 aliphatic heterocycles. The third-order valence-electron chi connectivity index (χ3n) is 3.43. The number of rotatable bonds is 6. The predicted molar refractivity (Wildman–Crippen MR) is 110 cm³/mol. The zero-order valence-electron chi connectivity index (χ0n) is 14.2. The normalized spacial score (nSPS) is 10.3. The Morgan fingerprint density at radius 2 is 2.11 bits per heavy atom. The van der Waals surface area contributed by atoms with Crippen molar-refractivity contribution in [2.24, 2.45) is 0 Å². The molecule has 0 radical (unpaired) electrons. The van der Waals surface area contributed by atoms with E-state index in [1.165, 1.54) is 23.1 Å². The smallest absolute Gasteiger partial charge is 0.234 e.